The van der Waals surface area contributed by atoms with E-state index in [4.69, 9.17) is 10.5 Å². The van der Waals surface area contributed by atoms with Gasteiger partial charge >= 0.3 is 0 Å². The molecule has 3 rings (SSSR count). The van der Waals surface area contributed by atoms with Crippen LogP contribution in [0.3, 0.4) is 0 Å². The Kier molecular flexibility index (Phi) is 5.77. The molecule has 1 heterocycles. The minimum atomic E-state index is -1.10. The summed E-state index contributed by atoms with van der Waals surface area (Å²) in [5, 5.41) is 3.45. The monoisotopic (exact) mass is 414 g/mol. The zero-order valence-corrected chi connectivity index (χ0v) is 18.6. The van der Waals surface area contributed by atoms with Gasteiger partial charge < -0.3 is 15.8 Å². The molecule has 5 nitrogen and oxygen atoms in total. The number of para-hydroxylation sites is 1. The number of primary amides is 1. The predicted molar refractivity (Wildman–Crippen MR) is 118 cm³/mol. The molecule has 6 heteroatoms. The van der Waals surface area contributed by atoms with Crippen LogP contribution in [0.5, 0.6) is 5.75 Å². The van der Waals surface area contributed by atoms with Crippen molar-refractivity contribution in [3.63, 3.8) is 0 Å². The highest BCUT2D eigenvalue weighted by atomic mass is 32.1. The van der Waals surface area contributed by atoms with Gasteiger partial charge in [0.2, 0.25) is 0 Å². The predicted octanol–water partition coefficient (Wildman–Crippen LogP) is 4.79. The largest absolute Gasteiger partial charge is 0.478 e. The molecule has 0 bridgehead atoms. The summed E-state index contributed by atoms with van der Waals surface area (Å²) in [4.78, 5) is 26.3. The fourth-order valence-corrected chi connectivity index (χ4v) is 5.08. The molecule has 0 saturated heterocycles. The average molecular weight is 415 g/mol. The van der Waals surface area contributed by atoms with Crippen molar-refractivity contribution < 1.29 is 14.3 Å². The van der Waals surface area contributed by atoms with Crippen molar-refractivity contribution in [1.82, 2.24) is 0 Å². The highest BCUT2D eigenvalue weighted by Crippen LogP contribution is 2.44. The van der Waals surface area contributed by atoms with Crippen molar-refractivity contribution in [2.24, 2.45) is 17.1 Å². The van der Waals surface area contributed by atoms with E-state index in [0.29, 0.717) is 22.2 Å². The lowest BCUT2D eigenvalue weighted by atomic mass is 9.72. The summed E-state index contributed by atoms with van der Waals surface area (Å²) in [6.07, 6.45) is 2.74. The van der Waals surface area contributed by atoms with Gasteiger partial charge in [-0.2, -0.15) is 0 Å². The number of rotatable bonds is 5. The van der Waals surface area contributed by atoms with Crippen LogP contribution in [0.4, 0.5) is 5.00 Å². The Hall–Kier alpha value is -2.34. The maximum Gasteiger partial charge on any atom is 0.268 e. The number of anilines is 1. The van der Waals surface area contributed by atoms with Crippen molar-refractivity contribution >= 4 is 28.2 Å². The Morgan fingerprint density at radius 3 is 2.38 bits per heavy atom. The van der Waals surface area contributed by atoms with Gasteiger partial charge in [0.05, 0.1) is 5.56 Å². The van der Waals surface area contributed by atoms with Crippen molar-refractivity contribution in [3.8, 4) is 5.75 Å². The normalized spacial score (nSPS) is 16.8. The molecule has 0 aliphatic heterocycles. The van der Waals surface area contributed by atoms with Gasteiger partial charge in [-0.1, -0.05) is 39.0 Å². The van der Waals surface area contributed by atoms with Crippen molar-refractivity contribution in [3.05, 3.63) is 46.3 Å². The van der Waals surface area contributed by atoms with Crippen LogP contribution >= 0.6 is 11.3 Å². The van der Waals surface area contributed by atoms with E-state index in [0.717, 1.165) is 29.7 Å². The quantitative estimate of drug-likeness (QED) is 0.738. The topological polar surface area (TPSA) is 81.4 Å². The SMILES string of the molecule is CC(C)(Oc1ccccc1)C(=O)Nc1sc2c(c1C(N)=O)CCC(C(C)(C)C)C2. The number of hydrogen-bond donors (Lipinski definition) is 2. The number of fused-ring (bicyclic) bond motifs is 1. The van der Waals surface area contributed by atoms with E-state index in [1.54, 1.807) is 26.0 Å². The molecule has 0 radical (unpaired) electrons. The van der Waals surface area contributed by atoms with Gasteiger partial charge in [0, 0.05) is 4.88 Å². The van der Waals surface area contributed by atoms with E-state index in [9.17, 15) is 9.59 Å². The standard InChI is InChI=1S/C23H30N2O3S/c1-22(2,3)14-11-12-16-17(13-14)29-20(18(16)19(24)26)25-21(27)23(4,5)28-15-9-7-6-8-10-15/h6-10,14H,11-13H2,1-5H3,(H2,24,26)(H,25,27). The number of nitrogens with two attached hydrogens (primary N) is 1. The van der Waals surface area contributed by atoms with Crippen molar-refractivity contribution in [1.29, 1.82) is 0 Å². The van der Waals surface area contributed by atoms with E-state index in [2.05, 4.69) is 26.1 Å². The smallest absolute Gasteiger partial charge is 0.268 e. The first-order chi connectivity index (χ1) is 13.5. The highest BCUT2D eigenvalue weighted by Gasteiger charge is 2.36. The Bertz CT molecular complexity index is 910. The summed E-state index contributed by atoms with van der Waals surface area (Å²) in [6, 6.07) is 9.21. The number of hydrogen-bond acceptors (Lipinski definition) is 4. The first kappa shape index (κ1) is 21.4. The van der Waals surface area contributed by atoms with Crippen LogP contribution in [0.25, 0.3) is 0 Å². The second-order valence-corrected chi connectivity index (χ2v) is 10.4. The Morgan fingerprint density at radius 1 is 1.14 bits per heavy atom. The van der Waals surface area contributed by atoms with Gasteiger partial charge in [0.25, 0.3) is 11.8 Å². The second kappa shape index (κ2) is 7.82. The summed E-state index contributed by atoms with van der Waals surface area (Å²) in [5.74, 6) is 0.348. The van der Waals surface area contributed by atoms with Crippen LogP contribution in [0.1, 0.15) is 61.8 Å². The number of amides is 2. The molecule has 2 amide bonds. The molecule has 29 heavy (non-hydrogen) atoms. The molecule has 0 spiro atoms. The van der Waals surface area contributed by atoms with Crippen LogP contribution in [0, 0.1) is 11.3 Å². The minimum absolute atomic E-state index is 0.198. The van der Waals surface area contributed by atoms with Crippen molar-refractivity contribution in [2.75, 3.05) is 5.32 Å². The first-order valence-corrected chi connectivity index (χ1v) is 10.8. The Morgan fingerprint density at radius 2 is 1.79 bits per heavy atom. The molecule has 1 unspecified atom stereocenters. The molecular formula is C23H30N2O3S. The van der Waals surface area contributed by atoms with Crippen LogP contribution < -0.4 is 15.8 Å². The molecule has 0 saturated carbocycles. The molecule has 1 aromatic heterocycles. The Balaban J connectivity index is 1.84. The van der Waals surface area contributed by atoms with Gasteiger partial charge in [0.15, 0.2) is 5.60 Å². The fraction of sp³-hybridized carbons (Fsp3) is 0.478. The second-order valence-electron chi connectivity index (χ2n) is 9.26. The molecule has 1 atom stereocenters. The highest BCUT2D eigenvalue weighted by molar-refractivity contribution is 7.17. The van der Waals surface area contributed by atoms with E-state index >= 15 is 0 Å². The summed E-state index contributed by atoms with van der Waals surface area (Å²) < 4.78 is 5.88. The van der Waals surface area contributed by atoms with Crippen LogP contribution in [-0.2, 0) is 17.6 Å². The lowest BCUT2D eigenvalue weighted by Gasteiger charge is -2.33. The summed E-state index contributed by atoms with van der Waals surface area (Å²) >= 11 is 1.47. The molecule has 2 aromatic rings. The number of benzene rings is 1. The molecule has 0 fully saturated rings. The molecule has 3 N–H and O–H groups in total. The van der Waals surface area contributed by atoms with Gasteiger partial charge in [-0.05, 0) is 62.1 Å². The van der Waals surface area contributed by atoms with Crippen LogP contribution in [0.2, 0.25) is 0 Å². The van der Waals surface area contributed by atoms with E-state index < -0.39 is 11.5 Å². The van der Waals surface area contributed by atoms with Gasteiger partial charge in [-0.25, -0.2) is 0 Å². The number of nitrogens with one attached hydrogen (secondary N) is 1. The maximum atomic E-state index is 13.0. The van der Waals surface area contributed by atoms with Crippen LogP contribution in [-0.4, -0.2) is 17.4 Å². The zero-order valence-electron chi connectivity index (χ0n) is 17.8. The van der Waals surface area contributed by atoms with Gasteiger partial charge in [0.1, 0.15) is 10.8 Å². The molecule has 1 aliphatic carbocycles. The third-order valence-corrected chi connectivity index (χ3v) is 6.80. The van der Waals surface area contributed by atoms with E-state index in [1.165, 1.54) is 11.3 Å². The average Bonchev–Trinajstić information content (AvgIpc) is 2.98. The number of thiophene rings is 1. The number of ether oxygens (including phenoxy) is 1. The van der Waals surface area contributed by atoms with Gasteiger partial charge in [-0.3, -0.25) is 9.59 Å². The molecule has 156 valence electrons. The number of carbonyl (C=O) groups excluding carboxylic acids is 2. The van der Waals surface area contributed by atoms with Crippen LogP contribution in [0.15, 0.2) is 30.3 Å². The summed E-state index contributed by atoms with van der Waals surface area (Å²) in [7, 11) is 0. The third kappa shape index (κ3) is 4.64. The lowest BCUT2D eigenvalue weighted by molar-refractivity contribution is -0.128. The van der Waals surface area contributed by atoms with E-state index in [1.807, 2.05) is 18.2 Å². The molecular weight excluding hydrogens is 384 g/mol. The number of carbonyl (C=O) groups is 2. The van der Waals surface area contributed by atoms with Crippen molar-refractivity contribution in [2.45, 2.75) is 59.5 Å². The first-order valence-electron chi connectivity index (χ1n) is 9.99. The Labute approximate surface area is 176 Å². The third-order valence-electron chi connectivity index (χ3n) is 5.63. The lowest BCUT2D eigenvalue weighted by Crippen LogP contribution is -2.42. The minimum Gasteiger partial charge on any atom is -0.478 e. The molecule has 1 aromatic carbocycles. The summed E-state index contributed by atoms with van der Waals surface area (Å²) in [6.45, 7) is 10.2. The summed E-state index contributed by atoms with van der Waals surface area (Å²) in [5.41, 5.74) is 6.25. The fourth-order valence-electron chi connectivity index (χ4n) is 3.76. The zero-order chi connectivity index (χ0) is 21.4. The molecule has 1 aliphatic rings. The van der Waals surface area contributed by atoms with E-state index in [-0.39, 0.29) is 11.3 Å². The maximum absolute atomic E-state index is 13.0. The van der Waals surface area contributed by atoms with Gasteiger partial charge in [-0.15, -0.1) is 11.3 Å².